The minimum Gasteiger partial charge on any atom is -0.496 e. The van der Waals surface area contributed by atoms with Gasteiger partial charge in [-0.3, -0.25) is 9.48 Å². The Hall–Kier alpha value is -2.60. The summed E-state index contributed by atoms with van der Waals surface area (Å²) >= 11 is 1.66. The van der Waals surface area contributed by atoms with E-state index in [4.69, 9.17) is 4.74 Å². The number of aryl methyl sites for hydroxylation is 1. The van der Waals surface area contributed by atoms with Gasteiger partial charge < -0.3 is 10.1 Å². The first-order valence-corrected chi connectivity index (χ1v) is 9.06. The normalized spacial score (nSPS) is 10.6. The van der Waals surface area contributed by atoms with Crippen LogP contribution in [0.2, 0.25) is 0 Å². The van der Waals surface area contributed by atoms with Gasteiger partial charge in [-0.15, -0.1) is 0 Å². The van der Waals surface area contributed by atoms with E-state index in [9.17, 15) is 4.79 Å². The Kier molecular flexibility index (Phi) is 5.50. The maximum absolute atomic E-state index is 12.1. The molecule has 0 saturated carbocycles. The van der Waals surface area contributed by atoms with Gasteiger partial charge in [0.25, 0.3) is 0 Å². The van der Waals surface area contributed by atoms with Gasteiger partial charge in [0.1, 0.15) is 5.75 Å². The Morgan fingerprint density at radius 3 is 2.92 bits per heavy atom. The molecule has 1 N–H and O–H groups in total. The van der Waals surface area contributed by atoms with E-state index in [1.807, 2.05) is 47.4 Å². The fourth-order valence-electron chi connectivity index (χ4n) is 2.66. The van der Waals surface area contributed by atoms with Crippen molar-refractivity contribution in [3.63, 3.8) is 0 Å². The highest BCUT2D eigenvalue weighted by molar-refractivity contribution is 7.08. The number of aromatic nitrogens is 2. The summed E-state index contributed by atoms with van der Waals surface area (Å²) in [6, 6.07) is 9.85. The van der Waals surface area contributed by atoms with Gasteiger partial charge in [0, 0.05) is 23.7 Å². The zero-order valence-electron chi connectivity index (χ0n) is 14.4. The van der Waals surface area contributed by atoms with Crippen LogP contribution in [0.25, 0.3) is 11.3 Å². The molecular formula is C19H21N3O2S. The van der Waals surface area contributed by atoms with Gasteiger partial charge >= 0.3 is 0 Å². The smallest absolute Gasteiger partial charge is 0.224 e. The van der Waals surface area contributed by atoms with E-state index in [-0.39, 0.29) is 5.91 Å². The average Bonchev–Trinajstić information content (AvgIpc) is 3.26. The lowest BCUT2D eigenvalue weighted by molar-refractivity contribution is -0.120. The Morgan fingerprint density at radius 1 is 1.32 bits per heavy atom. The number of amides is 1. The van der Waals surface area contributed by atoms with E-state index in [2.05, 4.69) is 21.9 Å². The molecule has 2 aromatic heterocycles. The largest absolute Gasteiger partial charge is 0.496 e. The fourth-order valence-corrected chi connectivity index (χ4v) is 3.31. The highest BCUT2D eigenvalue weighted by Crippen LogP contribution is 2.20. The summed E-state index contributed by atoms with van der Waals surface area (Å²) in [6.07, 6.45) is 2.30. The van der Waals surface area contributed by atoms with E-state index in [1.165, 1.54) is 0 Å². The second kappa shape index (κ2) is 7.98. The van der Waals surface area contributed by atoms with Crippen molar-refractivity contribution in [1.29, 1.82) is 0 Å². The lowest BCUT2D eigenvalue weighted by atomic mass is 10.1. The molecule has 0 aliphatic carbocycles. The van der Waals surface area contributed by atoms with Gasteiger partial charge in [-0.25, -0.2) is 0 Å². The quantitative estimate of drug-likeness (QED) is 0.707. The zero-order valence-corrected chi connectivity index (χ0v) is 15.2. The highest BCUT2D eigenvalue weighted by Gasteiger charge is 2.06. The number of hydrogen-bond acceptors (Lipinski definition) is 4. The number of carbonyl (C=O) groups excluding carboxylic acids is 1. The van der Waals surface area contributed by atoms with Crippen LogP contribution in [0.5, 0.6) is 5.75 Å². The minimum absolute atomic E-state index is 0.00906. The zero-order chi connectivity index (χ0) is 17.6. The maximum Gasteiger partial charge on any atom is 0.224 e. The van der Waals surface area contributed by atoms with E-state index in [1.54, 1.807) is 18.4 Å². The molecule has 0 radical (unpaired) electrons. The molecule has 130 valence electrons. The number of nitrogens with one attached hydrogen (secondary N) is 1. The number of rotatable bonds is 7. The molecule has 1 aromatic carbocycles. The van der Waals surface area contributed by atoms with E-state index in [0.29, 0.717) is 19.5 Å². The summed E-state index contributed by atoms with van der Waals surface area (Å²) in [4.78, 5) is 12.1. The molecule has 0 spiro atoms. The Morgan fingerprint density at radius 2 is 2.20 bits per heavy atom. The maximum atomic E-state index is 12.1. The van der Waals surface area contributed by atoms with Crippen LogP contribution in [0.1, 0.15) is 11.1 Å². The molecule has 25 heavy (non-hydrogen) atoms. The summed E-state index contributed by atoms with van der Waals surface area (Å²) in [5.41, 5.74) is 4.10. The summed E-state index contributed by atoms with van der Waals surface area (Å²) in [5.74, 6) is 0.846. The number of methoxy groups -OCH3 is 1. The third-order valence-electron chi connectivity index (χ3n) is 3.94. The highest BCUT2D eigenvalue weighted by atomic mass is 32.1. The SMILES string of the molecule is COc1ccc(CC(=O)NCCn2ccc(-c3ccsc3)n2)cc1C. The van der Waals surface area contributed by atoms with Crippen LogP contribution >= 0.6 is 11.3 Å². The van der Waals surface area contributed by atoms with Crippen LogP contribution in [-0.4, -0.2) is 29.3 Å². The van der Waals surface area contributed by atoms with E-state index >= 15 is 0 Å². The van der Waals surface area contributed by atoms with Gasteiger partial charge in [-0.1, -0.05) is 12.1 Å². The summed E-state index contributed by atoms with van der Waals surface area (Å²) in [6.45, 7) is 3.18. The predicted octanol–water partition coefficient (Wildman–Crippen LogP) is 3.29. The summed E-state index contributed by atoms with van der Waals surface area (Å²) in [5, 5.41) is 11.6. The van der Waals surface area contributed by atoms with Crippen molar-refractivity contribution in [2.75, 3.05) is 13.7 Å². The molecule has 0 aliphatic rings. The topological polar surface area (TPSA) is 56.1 Å². The van der Waals surface area contributed by atoms with Crippen molar-refractivity contribution in [2.45, 2.75) is 19.9 Å². The number of nitrogens with zero attached hydrogens (tertiary/aromatic N) is 2. The average molecular weight is 355 g/mol. The molecule has 0 aliphatic heterocycles. The van der Waals surface area contributed by atoms with Crippen LogP contribution in [0.15, 0.2) is 47.3 Å². The van der Waals surface area contributed by atoms with Gasteiger partial charge in [0.05, 0.1) is 25.8 Å². The molecule has 1 amide bonds. The number of ether oxygens (including phenoxy) is 1. The lowest BCUT2D eigenvalue weighted by Gasteiger charge is -2.08. The van der Waals surface area contributed by atoms with Crippen LogP contribution in [0, 0.1) is 6.92 Å². The Balaban J connectivity index is 1.47. The molecule has 3 rings (SSSR count). The fraction of sp³-hybridized carbons (Fsp3) is 0.263. The third-order valence-corrected chi connectivity index (χ3v) is 4.63. The molecule has 6 heteroatoms. The van der Waals surface area contributed by atoms with Gasteiger partial charge in [0.2, 0.25) is 5.91 Å². The number of thiophene rings is 1. The number of carbonyl (C=O) groups is 1. The van der Waals surface area contributed by atoms with Gasteiger partial charge in [0.15, 0.2) is 0 Å². The molecule has 0 atom stereocenters. The van der Waals surface area contributed by atoms with Crippen LogP contribution in [0.4, 0.5) is 0 Å². The molecule has 5 nitrogen and oxygen atoms in total. The minimum atomic E-state index is 0.00906. The number of hydrogen-bond donors (Lipinski definition) is 1. The molecule has 0 unspecified atom stereocenters. The monoisotopic (exact) mass is 355 g/mol. The van der Waals surface area contributed by atoms with Crippen molar-refractivity contribution in [1.82, 2.24) is 15.1 Å². The first-order chi connectivity index (χ1) is 12.2. The third kappa shape index (κ3) is 4.48. The van der Waals surface area contributed by atoms with E-state index < -0.39 is 0 Å². The van der Waals surface area contributed by atoms with Crippen LogP contribution in [0.3, 0.4) is 0 Å². The van der Waals surface area contributed by atoms with Crippen molar-refractivity contribution in [3.05, 3.63) is 58.4 Å². The predicted molar refractivity (Wildman–Crippen MR) is 100.0 cm³/mol. The molecule has 0 fully saturated rings. The Bertz CT molecular complexity index is 840. The van der Waals surface area contributed by atoms with Crippen LogP contribution in [-0.2, 0) is 17.8 Å². The molecule has 2 heterocycles. The van der Waals surface area contributed by atoms with Gasteiger partial charge in [-0.2, -0.15) is 16.4 Å². The van der Waals surface area contributed by atoms with E-state index in [0.717, 1.165) is 28.1 Å². The lowest BCUT2D eigenvalue weighted by Crippen LogP contribution is -2.28. The van der Waals surface area contributed by atoms with Crippen molar-refractivity contribution in [2.24, 2.45) is 0 Å². The molecule has 3 aromatic rings. The summed E-state index contributed by atoms with van der Waals surface area (Å²) < 4.78 is 7.09. The first kappa shape index (κ1) is 17.2. The van der Waals surface area contributed by atoms with Gasteiger partial charge in [-0.05, 0) is 41.6 Å². The standard InChI is InChI=1S/C19H21N3O2S/c1-14-11-15(3-4-18(14)24-2)12-19(23)20-7-9-22-8-5-17(21-22)16-6-10-25-13-16/h3-6,8,10-11,13H,7,9,12H2,1-2H3,(H,20,23). The first-order valence-electron chi connectivity index (χ1n) is 8.12. The summed E-state index contributed by atoms with van der Waals surface area (Å²) in [7, 11) is 1.65. The molecule has 0 bridgehead atoms. The molecule has 0 saturated heterocycles. The molecular weight excluding hydrogens is 334 g/mol. The van der Waals surface area contributed by atoms with Crippen LogP contribution < -0.4 is 10.1 Å². The number of benzene rings is 1. The van der Waals surface area contributed by atoms with Crippen molar-refractivity contribution >= 4 is 17.2 Å². The second-order valence-electron chi connectivity index (χ2n) is 5.81. The second-order valence-corrected chi connectivity index (χ2v) is 6.59. The van der Waals surface area contributed by atoms with Crippen molar-refractivity contribution in [3.8, 4) is 17.0 Å². The Labute approximate surface area is 151 Å². The van der Waals surface area contributed by atoms with Crippen molar-refractivity contribution < 1.29 is 9.53 Å².